The summed E-state index contributed by atoms with van der Waals surface area (Å²) in [4.78, 5) is 12.5. The minimum absolute atomic E-state index is 0.0588. The van der Waals surface area contributed by atoms with Gasteiger partial charge in [0.15, 0.2) is 6.10 Å². The van der Waals surface area contributed by atoms with Gasteiger partial charge in [-0.05, 0) is 17.5 Å². The largest absolute Gasteiger partial charge is 0.452 e. The van der Waals surface area contributed by atoms with Gasteiger partial charge in [-0.3, -0.25) is 4.79 Å². The molecule has 122 valence electrons. The first-order chi connectivity index (χ1) is 11.2. The zero-order valence-corrected chi connectivity index (χ0v) is 14.1. The molecule has 2 nitrogen and oxygen atoms in total. The number of hydrogen-bond acceptors (Lipinski definition) is 2. The molecule has 0 saturated heterocycles. The summed E-state index contributed by atoms with van der Waals surface area (Å²) in [5.41, 5.74) is 2.01. The Labute approximate surface area is 139 Å². The lowest BCUT2D eigenvalue weighted by Crippen LogP contribution is -2.19. The minimum atomic E-state index is -0.335. The van der Waals surface area contributed by atoms with E-state index in [1.165, 1.54) is 12.8 Å². The number of carbonyl (C=O) groups is 1. The molecule has 0 spiro atoms. The molecular weight excluding hydrogens is 284 g/mol. The highest BCUT2D eigenvalue weighted by Gasteiger charge is 2.22. The molecule has 0 aliphatic rings. The Hall–Kier alpha value is -2.09. The molecule has 1 atom stereocenters. The lowest BCUT2D eigenvalue weighted by molar-refractivity contribution is -0.152. The topological polar surface area (TPSA) is 26.3 Å². The Kier molecular flexibility index (Phi) is 6.86. The quantitative estimate of drug-likeness (QED) is 0.473. The zero-order valence-electron chi connectivity index (χ0n) is 14.1. The maximum absolute atomic E-state index is 12.5. The third kappa shape index (κ3) is 5.24. The Morgan fingerprint density at radius 1 is 0.913 bits per heavy atom. The van der Waals surface area contributed by atoms with Crippen LogP contribution in [0, 0.1) is 5.92 Å². The summed E-state index contributed by atoms with van der Waals surface area (Å²) < 4.78 is 5.88. The molecule has 0 radical (unpaired) electrons. The second-order valence-electron chi connectivity index (χ2n) is 6.04. The van der Waals surface area contributed by atoms with Gasteiger partial charge in [0.25, 0.3) is 0 Å². The Morgan fingerprint density at radius 2 is 1.43 bits per heavy atom. The van der Waals surface area contributed by atoms with Crippen molar-refractivity contribution in [2.45, 2.75) is 45.6 Å². The van der Waals surface area contributed by atoms with Crippen LogP contribution in [0.25, 0.3) is 0 Å². The number of hydrogen-bond donors (Lipinski definition) is 0. The summed E-state index contributed by atoms with van der Waals surface area (Å²) in [6, 6.07) is 19.9. The van der Waals surface area contributed by atoms with Gasteiger partial charge in [0.05, 0.1) is 5.92 Å². The molecule has 0 amide bonds. The summed E-state index contributed by atoms with van der Waals surface area (Å²) in [5, 5.41) is 0. The van der Waals surface area contributed by atoms with Gasteiger partial charge in [-0.15, -0.1) is 0 Å². The molecule has 0 heterocycles. The van der Waals surface area contributed by atoms with Crippen LogP contribution in [0.2, 0.25) is 0 Å². The lowest BCUT2D eigenvalue weighted by Gasteiger charge is -2.21. The molecule has 0 saturated carbocycles. The van der Waals surface area contributed by atoms with Gasteiger partial charge in [-0.25, -0.2) is 0 Å². The molecule has 0 bridgehead atoms. The van der Waals surface area contributed by atoms with Crippen molar-refractivity contribution < 1.29 is 9.53 Å². The van der Waals surface area contributed by atoms with E-state index in [0.717, 1.165) is 24.0 Å². The molecule has 23 heavy (non-hydrogen) atoms. The Morgan fingerprint density at radius 3 is 1.91 bits per heavy atom. The van der Waals surface area contributed by atoms with E-state index in [-0.39, 0.29) is 18.0 Å². The standard InChI is InChI=1S/C21H26O2/c1-3-4-7-12-17(2)21(22)23-20(18-13-8-5-9-14-18)19-15-10-6-11-16-19/h5-6,8-11,13-17,20H,3-4,7,12H2,1-2H3. The monoisotopic (exact) mass is 310 g/mol. The van der Waals surface area contributed by atoms with Gasteiger partial charge in [0.1, 0.15) is 0 Å². The van der Waals surface area contributed by atoms with Crippen LogP contribution in [-0.2, 0) is 9.53 Å². The average Bonchev–Trinajstić information content (AvgIpc) is 2.61. The predicted molar refractivity (Wildman–Crippen MR) is 94.1 cm³/mol. The number of ether oxygens (including phenoxy) is 1. The third-order valence-electron chi connectivity index (χ3n) is 4.08. The number of unbranched alkanes of at least 4 members (excludes halogenated alkanes) is 2. The van der Waals surface area contributed by atoms with Crippen molar-refractivity contribution in [2.75, 3.05) is 0 Å². The van der Waals surface area contributed by atoms with Crippen LogP contribution >= 0.6 is 0 Å². The fourth-order valence-electron chi connectivity index (χ4n) is 2.63. The van der Waals surface area contributed by atoms with Crippen LogP contribution in [0.4, 0.5) is 0 Å². The van der Waals surface area contributed by atoms with Crippen LogP contribution in [0.5, 0.6) is 0 Å². The number of esters is 1. The molecule has 0 fully saturated rings. The van der Waals surface area contributed by atoms with E-state index in [2.05, 4.69) is 6.92 Å². The van der Waals surface area contributed by atoms with E-state index in [1.807, 2.05) is 67.6 Å². The number of carbonyl (C=O) groups excluding carboxylic acids is 1. The van der Waals surface area contributed by atoms with Gasteiger partial charge >= 0.3 is 5.97 Å². The lowest BCUT2D eigenvalue weighted by atomic mass is 10.00. The second kappa shape index (κ2) is 9.14. The molecule has 2 aromatic rings. The smallest absolute Gasteiger partial charge is 0.309 e. The van der Waals surface area contributed by atoms with Gasteiger partial charge in [0, 0.05) is 0 Å². The van der Waals surface area contributed by atoms with E-state index in [1.54, 1.807) is 0 Å². The van der Waals surface area contributed by atoms with Gasteiger partial charge < -0.3 is 4.74 Å². The molecule has 0 aliphatic carbocycles. The molecule has 2 heteroatoms. The summed E-state index contributed by atoms with van der Waals surface area (Å²) in [6.45, 7) is 4.13. The highest BCUT2D eigenvalue weighted by molar-refractivity contribution is 5.72. The van der Waals surface area contributed by atoms with Gasteiger partial charge in [-0.2, -0.15) is 0 Å². The van der Waals surface area contributed by atoms with Crippen molar-refractivity contribution in [3.8, 4) is 0 Å². The van der Waals surface area contributed by atoms with Crippen molar-refractivity contribution in [1.29, 1.82) is 0 Å². The molecule has 0 aliphatic heterocycles. The van der Waals surface area contributed by atoms with Crippen LogP contribution in [0.1, 0.15) is 56.8 Å². The number of benzene rings is 2. The fourth-order valence-corrected chi connectivity index (χ4v) is 2.63. The van der Waals surface area contributed by atoms with E-state index >= 15 is 0 Å². The van der Waals surface area contributed by atoms with Crippen molar-refractivity contribution in [2.24, 2.45) is 5.92 Å². The van der Waals surface area contributed by atoms with Crippen molar-refractivity contribution in [1.82, 2.24) is 0 Å². The first kappa shape index (κ1) is 17.3. The van der Waals surface area contributed by atoms with Gasteiger partial charge in [0.2, 0.25) is 0 Å². The first-order valence-electron chi connectivity index (χ1n) is 8.52. The summed E-state index contributed by atoms with van der Waals surface area (Å²) in [6.07, 6.45) is 3.96. The summed E-state index contributed by atoms with van der Waals surface area (Å²) >= 11 is 0. The molecule has 1 unspecified atom stereocenters. The maximum Gasteiger partial charge on any atom is 0.309 e. The normalized spacial score (nSPS) is 12.1. The highest BCUT2D eigenvalue weighted by atomic mass is 16.5. The minimum Gasteiger partial charge on any atom is -0.452 e. The average molecular weight is 310 g/mol. The van der Waals surface area contributed by atoms with Gasteiger partial charge in [-0.1, -0.05) is 93.8 Å². The first-order valence-corrected chi connectivity index (χ1v) is 8.52. The van der Waals surface area contributed by atoms with Crippen LogP contribution < -0.4 is 0 Å². The summed E-state index contributed by atoms with van der Waals surface area (Å²) in [7, 11) is 0. The zero-order chi connectivity index (χ0) is 16.5. The van der Waals surface area contributed by atoms with E-state index < -0.39 is 0 Å². The van der Waals surface area contributed by atoms with E-state index in [9.17, 15) is 4.79 Å². The maximum atomic E-state index is 12.5. The molecule has 2 aromatic carbocycles. The molecule has 0 aromatic heterocycles. The van der Waals surface area contributed by atoms with Crippen molar-refractivity contribution >= 4 is 5.97 Å². The van der Waals surface area contributed by atoms with E-state index in [0.29, 0.717) is 0 Å². The predicted octanol–water partition coefficient (Wildman–Crippen LogP) is 5.54. The highest BCUT2D eigenvalue weighted by Crippen LogP contribution is 2.27. The van der Waals surface area contributed by atoms with Crippen LogP contribution in [0.15, 0.2) is 60.7 Å². The molecule has 0 N–H and O–H groups in total. The SMILES string of the molecule is CCCCCC(C)C(=O)OC(c1ccccc1)c1ccccc1. The Bertz CT molecular complexity index is 538. The third-order valence-corrected chi connectivity index (χ3v) is 4.08. The number of rotatable bonds is 8. The molecule has 2 rings (SSSR count). The molecular formula is C21H26O2. The summed E-state index contributed by atoms with van der Waals surface area (Å²) in [5.74, 6) is -0.171. The van der Waals surface area contributed by atoms with E-state index in [4.69, 9.17) is 4.74 Å². The van der Waals surface area contributed by atoms with Crippen LogP contribution in [-0.4, -0.2) is 5.97 Å². The second-order valence-corrected chi connectivity index (χ2v) is 6.04. The fraction of sp³-hybridized carbons (Fsp3) is 0.381. The Balaban J connectivity index is 2.11. The van der Waals surface area contributed by atoms with Crippen LogP contribution in [0.3, 0.4) is 0 Å². The van der Waals surface area contributed by atoms with Crippen molar-refractivity contribution in [3.63, 3.8) is 0 Å². The van der Waals surface area contributed by atoms with Crippen molar-refractivity contribution in [3.05, 3.63) is 71.8 Å².